The monoisotopic (exact) mass is 242 g/mol. The molecule has 0 amide bonds. The lowest BCUT2D eigenvalue weighted by atomic mass is 9.68. The Morgan fingerprint density at radius 3 is 2.83 bits per heavy atom. The maximum absolute atomic E-state index is 6.24. The molecule has 1 nitrogen and oxygen atoms in total. The average Bonchev–Trinajstić information content (AvgIpc) is 2.34. The summed E-state index contributed by atoms with van der Waals surface area (Å²) in [6.45, 7) is 6.94. The van der Waals surface area contributed by atoms with Gasteiger partial charge in [0.2, 0.25) is 0 Å². The maximum Gasteiger partial charge on any atom is 0.123 e. The summed E-state index contributed by atoms with van der Waals surface area (Å²) in [7, 11) is 0. The van der Waals surface area contributed by atoms with E-state index in [9.17, 15) is 0 Å². The summed E-state index contributed by atoms with van der Waals surface area (Å²) in [5.74, 6) is 1.73. The highest BCUT2D eigenvalue weighted by molar-refractivity contribution is 5.38. The minimum atomic E-state index is 0.263. The zero-order valence-electron chi connectivity index (χ0n) is 11.6. The Bertz CT molecular complexity index is 486. The standard InChI is InChI=1S/C17H22O/c1-12(2)13-8-9-17(3)11-14-6-4-5-7-15(14)18-16(17)10-13/h4-7,10,12,16H,8-9,11H2,1-3H3/t16-,17-/m1/s1. The van der Waals surface area contributed by atoms with Crippen molar-refractivity contribution in [2.45, 2.75) is 46.1 Å². The molecule has 0 spiro atoms. The molecule has 2 atom stereocenters. The first-order chi connectivity index (χ1) is 8.58. The molecule has 0 saturated carbocycles. The van der Waals surface area contributed by atoms with Crippen LogP contribution in [0.15, 0.2) is 35.9 Å². The van der Waals surface area contributed by atoms with Crippen molar-refractivity contribution in [2.75, 3.05) is 0 Å². The summed E-state index contributed by atoms with van der Waals surface area (Å²) in [5, 5.41) is 0. The van der Waals surface area contributed by atoms with Crippen molar-refractivity contribution in [2.24, 2.45) is 11.3 Å². The topological polar surface area (TPSA) is 9.23 Å². The van der Waals surface area contributed by atoms with E-state index in [2.05, 4.69) is 51.1 Å². The average molecular weight is 242 g/mol. The van der Waals surface area contributed by atoms with E-state index >= 15 is 0 Å². The van der Waals surface area contributed by atoms with E-state index in [1.807, 2.05) is 0 Å². The molecule has 96 valence electrons. The van der Waals surface area contributed by atoms with Gasteiger partial charge in [0.05, 0.1) is 0 Å². The minimum Gasteiger partial charge on any atom is -0.485 e. The van der Waals surface area contributed by atoms with Gasteiger partial charge in [-0.05, 0) is 42.9 Å². The molecule has 1 aliphatic heterocycles. The van der Waals surface area contributed by atoms with E-state index in [1.54, 1.807) is 5.57 Å². The van der Waals surface area contributed by atoms with Crippen molar-refractivity contribution >= 4 is 0 Å². The number of benzene rings is 1. The highest BCUT2D eigenvalue weighted by Gasteiger charge is 2.41. The Kier molecular flexibility index (Phi) is 2.73. The van der Waals surface area contributed by atoms with E-state index in [0.29, 0.717) is 5.92 Å². The van der Waals surface area contributed by atoms with Crippen LogP contribution in [0.2, 0.25) is 0 Å². The predicted molar refractivity (Wildman–Crippen MR) is 74.8 cm³/mol. The summed E-state index contributed by atoms with van der Waals surface area (Å²) in [4.78, 5) is 0. The van der Waals surface area contributed by atoms with Gasteiger partial charge in [-0.2, -0.15) is 0 Å². The number of allylic oxidation sites excluding steroid dienone is 1. The Balaban J connectivity index is 1.96. The van der Waals surface area contributed by atoms with E-state index in [-0.39, 0.29) is 11.5 Å². The van der Waals surface area contributed by atoms with E-state index in [4.69, 9.17) is 4.74 Å². The second-order valence-corrected chi connectivity index (χ2v) is 6.37. The summed E-state index contributed by atoms with van der Waals surface area (Å²) >= 11 is 0. The molecule has 0 saturated heterocycles. The fraction of sp³-hybridized carbons (Fsp3) is 0.529. The van der Waals surface area contributed by atoms with Crippen molar-refractivity contribution < 1.29 is 4.74 Å². The van der Waals surface area contributed by atoms with Gasteiger partial charge < -0.3 is 4.74 Å². The van der Waals surface area contributed by atoms with Gasteiger partial charge in [-0.3, -0.25) is 0 Å². The van der Waals surface area contributed by atoms with Crippen LogP contribution in [0.3, 0.4) is 0 Å². The SMILES string of the molecule is CC(C)C1=C[C@H]2Oc3ccccc3C[C@@]2(C)CC1. The van der Waals surface area contributed by atoms with E-state index in [1.165, 1.54) is 18.4 Å². The summed E-state index contributed by atoms with van der Waals surface area (Å²) in [6.07, 6.45) is 6.28. The fourth-order valence-corrected chi connectivity index (χ4v) is 3.23. The smallest absolute Gasteiger partial charge is 0.123 e. The molecule has 0 unspecified atom stereocenters. The molecule has 2 aliphatic rings. The van der Waals surface area contributed by atoms with Gasteiger partial charge in [0.1, 0.15) is 11.9 Å². The van der Waals surface area contributed by atoms with Crippen LogP contribution in [0, 0.1) is 11.3 Å². The minimum absolute atomic E-state index is 0.263. The third-order valence-corrected chi connectivity index (χ3v) is 4.60. The van der Waals surface area contributed by atoms with Crippen LogP contribution in [0.1, 0.15) is 39.2 Å². The van der Waals surface area contributed by atoms with Gasteiger partial charge in [0, 0.05) is 5.41 Å². The van der Waals surface area contributed by atoms with Gasteiger partial charge in [-0.15, -0.1) is 0 Å². The third kappa shape index (κ3) is 1.86. The molecule has 1 aromatic carbocycles. The van der Waals surface area contributed by atoms with Crippen molar-refractivity contribution in [1.29, 1.82) is 0 Å². The Labute approximate surface area is 110 Å². The molecule has 0 fully saturated rings. The highest BCUT2D eigenvalue weighted by Crippen LogP contribution is 2.46. The Hall–Kier alpha value is -1.24. The predicted octanol–water partition coefficient (Wildman–Crippen LogP) is 4.37. The van der Waals surface area contributed by atoms with Crippen LogP contribution in [-0.2, 0) is 6.42 Å². The van der Waals surface area contributed by atoms with Gasteiger partial charge >= 0.3 is 0 Å². The first-order valence-corrected chi connectivity index (χ1v) is 7.04. The lowest BCUT2D eigenvalue weighted by Gasteiger charge is -2.44. The zero-order valence-corrected chi connectivity index (χ0v) is 11.6. The fourth-order valence-electron chi connectivity index (χ4n) is 3.23. The Morgan fingerprint density at radius 2 is 2.06 bits per heavy atom. The van der Waals surface area contributed by atoms with Crippen LogP contribution in [0.4, 0.5) is 0 Å². The summed E-state index contributed by atoms with van der Waals surface area (Å²) in [5.41, 5.74) is 3.22. The van der Waals surface area contributed by atoms with Gasteiger partial charge in [-0.1, -0.05) is 44.5 Å². The number of ether oxygens (including phenoxy) is 1. The molecule has 0 N–H and O–H groups in total. The van der Waals surface area contributed by atoms with E-state index < -0.39 is 0 Å². The number of hydrogen-bond donors (Lipinski definition) is 0. The summed E-state index contributed by atoms with van der Waals surface area (Å²) in [6, 6.07) is 8.49. The third-order valence-electron chi connectivity index (χ3n) is 4.60. The summed E-state index contributed by atoms with van der Waals surface area (Å²) < 4.78 is 6.24. The normalized spacial score (nSPS) is 30.2. The van der Waals surface area contributed by atoms with Crippen LogP contribution in [0.5, 0.6) is 5.75 Å². The second-order valence-electron chi connectivity index (χ2n) is 6.37. The quantitative estimate of drug-likeness (QED) is 0.664. The van der Waals surface area contributed by atoms with Crippen LogP contribution in [0.25, 0.3) is 0 Å². The number of rotatable bonds is 1. The zero-order chi connectivity index (χ0) is 12.8. The van der Waals surface area contributed by atoms with Gasteiger partial charge in [0.15, 0.2) is 0 Å². The molecule has 1 aliphatic carbocycles. The molecular weight excluding hydrogens is 220 g/mol. The lowest BCUT2D eigenvalue weighted by molar-refractivity contribution is 0.0590. The number of hydrogen-bond acceptors (Lipinski definition) is 1. The number of para-hydroxylation sites is 1. The van der Waals surface area contributed by atoms with Crippen molar-refractivity contribution in [3.63, 3.8) is 0 Å². The molecule has 3 rings (SSSR count). The molecule has 18 heavy (non-hydrogen) atoms. The first-order valence-electron chi connectivity index (χ1n) is 7.04. The lowest BCUT2D eigenvalue weighted by Crippen LogP contribution is -2.43. The maximum atomic E-state index is 6.24. The Morgan fingerprint density at radius 1 is 1.28 bits per heavy atom. The molecule has 1 heterocycles. The molecule has 1 aromatic rings. The van der Waals surface area contributed by atoms with Crippen LogP contribution in [-0.4, -0.2) is 6.10 Å². The molecular formula is C17H22O. The second kappa shape index (κ2) is 4.15. The van der Waals surface area contributed by atoms with Crippen molar-refractivity contribution in [3.05, 3.63) is 41.5 Å². The number of fused-ring (bicyclic) bond motifs is 2. The van der Waals surface area contributed by atoms with Crippen LogP contribution < -0.4 is 4.74 Å². The molecule has 0 aromatic heterocycles. The highest BCUT2D eigenvalue weighted by atomic mass is 16.5. The van der Waals surface area contributed by atoms with Crippen molar-refractivity contribution in [3.8, 4) is 5.75 Å². The van der Waals surface area contributed by atoms with Gasteiger partial charge in [0.25, 0.3) is 0 Å². The van der Waals surface area contributed by atoms with Gasteiger partial charge in [-0.25, -0.2) is 0 Å². The van der Waals surface area contributed by atoms with E-state index in [0.717, 1.165) is 12.2 Å². The molecule has 1 heteroatoms. The largest absolute Gasteiger partial charge is 0.485 e. The van der Waals surface area contributed by atoms with Crippen molar-refractivity contribution in [1.82, 2.24) is 0 Å². The van der Waals surface area contributed by atoms with Crippen LogP contribution >= 0.6 is 0 Å². The first kappa shape index (κ1) is 11.8. The molecule has 0 bridgehead atoms. The molecule has 0 radical (unpaired) electrons.